The third kappa shape index (κ3) is 6.15. The molecule has 1 atom stereocenters. The van der Waals surface area contributed by atoms with Crippen LogP contribution in [0.3, 0.4) is 0 Å². The second-order valence-electron chi connectivity index (χ2n) is 9.55. The van der Waals surface area contributed by atoms with Gasteiger partial charge in [0, 0.05) is 25.8 Å². The van der Waals surface area contributed by atoms with Gasteiger partial charge in [-0.25, -0.2) is 0 Å². The molecule has 1 aliphatic heterocycles. The Bertz CT molecular complexity index is 1410. The van der Waals surface area contributed by atoms with E-state index < -0.39 is 17.7 Å². The third-order valence-electron chi connectivity index (χ3n) is 6.99. The minimum absolute atomic E-state index is 0.0252. The van der Waals surface area contributed by atoms with Crippen molar-refractivity contribution < 1.29 is 38.4 Å². The van der Waals surface area contributed by atoms with Crippen LogP contribution in [0.2, 0.25) is 0 Å². The summed E-state index contributed by atoms with van der Waals surface area (Å²) in [6.45, 7) is 2.84. The first-order valence-corrected chi connectivity index (χ1v) is 13.2. The highest BCUT2D eigenvalue weighted by molar-refractivity contribution is 6.46. The predicted octanol–water partition coefficient (Wildman–Crippen LogP) is 5.06. The van der Waals surface area contributed by atoms with E-state index in [0.717, 1.165) is 5.56 Å². The van der Waals surface area contributed by atoms with Gasteiger partial charge in [-0.2, -0.15) is 0 Å². The topological polar surface area (TPSA) is 104 Å². The summed E-state index contributed by atoms with van der Waals surface area (Å²) in [5, 5.41) is 11.6. The second-order valence-corrected chi connectivity index (χ2v) is 9.55. The molecule has 216 valence electrons. The lowest BCUT2D eigenvalue weighted by Gasteiger charge is -2.26. The van der Waals surface area contributed by atoms with Crippen molar-refractivity contribution in [2.75, 3.05) is 41.6 Å². The fourth-order valence-electron chi connectivity index (χ4n) is 4.97. The smallest absolute Gasteiger partial charge is 0.295 e. The van der Waals surface area contributed by atoms with Crippen molar-refractivity contribution >= 4 is 17.4 Å². The third-order valence-corrected chi connectivity index (χ3v) is 6.99. The van der Waals surface area contributed by atoms with E-state index in [4.69, 9.17) is 23.7 Å². The van der Waals surface area contributed by atoms with E-state index in [-0.39, 0.29) is 17.9 Å². The minimum Gasteiger partial charge on any atom is -0.507 e. The predicted molar refractivity (Wildman–Crippen MR) is 154 cm³/mol. The van der Waals surface area contributed by atoms with Gasteiger partial charge in [-0.15, -0.1) is 0 Å². The second kappa shape index (κ2) is 13.2. The normalized spacial score (nSPS) is 16.1. The molecular formula is C32H35NO8. The average Bonchev–Trinajstić information content (AvgIpc) is 3.24. The number of aliphatic hydroxyl groups excluding tert-OH is 1. The zero-order valence-electron chi connectivity index (χ0n) is 23.9. The molecule has 0 aliphatic carbocycles. The van der Waals surface area contributed by atoms with Gasteiger partial charge in [-0.3, -0.25) is 9.59 Å². The van der Waals surface area contributed by atoms with Gasteiger partial charge in [0.2, 0.25) is 5.75 Å². The Morgan fingerprint density at radius 1 is 0.902 bits per heavy atom. The van der Waals surface area contributed by atoms with Crippen LogP contribution >= 0.6 is 0 Å². The number of aryl methyl sites for hydroxylation is 1. The molecule has 1 heterocycles. The van der Waals surface area contributed by atoms with Crippen LogP contribution in [0, 0.1) is 6.92 Å². The van der Waals surface area contributed by atoms with E-state index in [1.807, 2.05) is 37.3 Å². The summed E-state index contributed by atoms with van der Waals surface area (Å²) in [4.78, 5) is 28.2. The van der Waals surface area contributed by atoms with Crippen molar-refractivity contribution in [1.82, 2.24) is 4.90 Å². The lowest BCUT2D eigenvalue weighted by molar-refractivity contribution is -0.140. The van der Waals surface area contributed by atoms with Gasteiger partial charge in [0.15, 0.2) is 11.5 Å². The summed E-state index contributed by atoms with van der Waals surface area (Å²) >= 11 is 0. The SMILES string of the molecule is COCCCN1C(=O)C(=O)C(=C(O)c2ccc(OCc3ccccc3)cc2C)[C@H]1c1cc(OC)c(OC)c(OC)c1. The molecule has 3 aromatic rings. The van der Waals surface area contributed by atoms with E-state index in [1.54, 1.807) is 37.4 Å². The number of rotatable bonds is 12. The summed E-state index contributed by atoms with van der Waals surface area (Å²) < 4.78 is 27.6. The average molecular weight is 562 g/mol. The highest BCUT2D eigenvalue weighted by Gasteiger charge is 2.46. The molecule has 0 bridgehead atoms. The van der Waals surface area contributed by atoms with Gasteiger partial charge < -0.3 is 33.7 Å². The number of ether oxygens (including phenoxy) is 5. The number of amides is 1. The zero-order chi connectivity index (χ0) is 29.5. The number of hydrogen-bond donors (Lipinski definition) is 1. The maximum atomic E-state index is 13.5. The van der Waals surface area contributed by atoms with Gasteiger partial charge in [-0.1, -0.05) is 30.3 Å². The number of benzene rings is 3. The molecule has 41 heavy (non-hydrogen) atoms. The van der Waals surface area contributed by atoms with Crippen molar-refractivity contribution in [3.05, 3.63) is 88.5 Å². The molecule has 9 nitrogen and oxygen atoms in total. The van der Waals surface area contributed by atoms with E-state index in [2.05, 4.69) is 0 Å². The summed E-state index contributed by atoms with van der Waals surface area (Å²) in [5.74, 6) is -0.0465. The highest BCUT2D eigenvalue weighted by Crippen LogP contribution is 2.46. The molecule has 1 saturated heterocycles. The Kier molecular flexibility index (Phi) is 9.52. The van der Waals surface area contributed by atoms with Crippen LogP contribution in [0.25, 0.3) is 5.76 Å². The summed E-state index contributed by atoms with van der Waals surface area (Å²) in [6.07, 6.45) is 0.497. The number of Topliss-reactive ketones (excluding diaryl/α,β-unsaturated/α-hetero) is 1. The maximum Gasteiger partial charge on any atom is 0.295 e. The molecule has 0 spiro atoms. The Balaban J connectivity index is 1.78. The molecule has 0 aromatic heterocycles. The van der Waals surface area contributed by atoms with Crippen molar-refractivity contribution in [3.8, 4) is 23.0 Å². The van der Waals surface area contributed by atoms with Crippen LogP contribution in [0.4, 0.5) is 0 Å². The number of methoxy groups -OCH3 is 4. The maximum absolute atomic E-state index is 13.5. The highest BCUT2D eigenvalue weighted by atomic mass is 16.5. The molecule has 1 amide bonds. The molecule has 1 N–H and O–H groups in total. The first kappa shape index (κ1) is 29.5. The van der Waals surface area contributed by atoms with Gasteiger partial charge in [0.1, 0.15) is 18.1 Å². The molecule has 3 aromatic carbocycles. The first-order chi connectivity index (χ1) is 19.8. The fraction of sp³-hybridized carbons (Fsp3) is 0.312. The monoisotopic (exact) mass is 561 g/mol. The Morgan fingerprint density at radius 3 is 2.17 bits per heavy atom. The van der Waals surface area contributed by atoms with Crippen molar-refractivity contribution in [2.24, 2.45) is 0 Å². The number of aliphatic hydroxyl groups is 1. The summed E-state index contributed by atoms with van der Waals surface area (Å²) in [7, 11) is 6.04. The van der Waals surface area contributed by atoms with Crippen molar-refractivity contribution in [1.29, 1.82) is 0 Å². The van der Waals surface area contributed by atoms with Crippen LogP contribution in [0.5, 0.6) is 23.0 Å². The quantitative estimate of drug-likeness (QED) is 0.142. The number of hydrogen-bond acceptors (Lipinski definition) is 8. The fourth-order valence-corrected chi connectivity index (χ4v) is 4.97. The Morgan fingerprint density at radius 2 is 1.59 bits per heavy atom. The van der Waals surface area contributed by atoms with E-state index >= 15 is 0 Å². The van der Waals surface area contributed by atoms with Gasteiger partial charge in [0.25, 0.3) is 11.7 Å². The Labute approximate surface area is 239 Å². The molecule has 0 unspecified atom stereocenters. The zero-order valence-corrected chi connectivity index (χ0v) is 23.9. The Hall–Kier alpha value is -4.50. The van der Waals surface area contributed by atoms with Crippen LogP contribution < -0.4 is 18.9 Å². The van der Waals surface area contributed by atoms with E-state index in [9.17, 15) is 14.7 Å². The minimum atomic E-state index is -0.894. The number of ketones is 1. The lowest BCUT2D eigenvalue weighted by atomic mass is 9.93. The largest absolute Gasteiger partial charge is 0.507 e. The number of carbonyl (C=O) groups excluding carboxylic acids is 2. The summed E-state index contributed by atoms with van der Waals surface area (Å²) in [6, 6.07) is 17.5. The van der Waals surface area contributed by atoms with Crippen LogP contribution in [0.1, 0.15) is 34.7 Å². The van der Waals surface area contributed by atoms with E-state index in [0.29, 0.717) is 59.3 Å². The summed E-state index contributed by atoms with van der Waals surface area (Å²) in [5.41, 5.74) is 2.63. The molecule has 4 rings (SSSR count). The van der Waals surface area contributed by atoms with Crippen LogP contribution in [-0.2, 0) is 20.9 Å². The standard InChI is InChI=1S/C32H35NO8/c1-20-16-23(41-19-21-10-7-6-8-11-21)12-13-24(20)29(34)27-28(33(14-9-15-37-2)32(36)30(27)35)22-17-25(38-3)31(40-5)26(18-22)39-4/h6-8,10-13,16-18,28,34H,9,14-15,19H2,1-5H3/t28-/m1/s1. The van der Waals surface area contributed by atoms with Crippen LogP contribution in [-0.4, -0.2) is 63.3 Å². The van der Waals surface area contributed by atoms with Crippen molar-refractivity contribution in [3.63, 3.8) is 0 Å². The number of nitrogens with zero attached hydrogens (tertiary/aromatic N) is 1. The van der Waals surface area contributed by atoms with E-state index in [1.165, 1.54) is 26.2 Å². The van der Waals surface area contributed by atoms with Gasteiger partial charge in [-0.05, 0) is 60.4 Å². The molecular weight excluding hydrogens is 526 g/mol. The number of carbonyl (C=O) groups is 2. The molecule has 1 fully saturated rings. The van der Waals surface area contributed by atoms with Crippen LogP contribution in [0.15, 0.2) is 66.2 Å². The molecule has 0 radical (unpaired) electrons. The molecule has 9 heteroatoms. The first-order valence-electron chi connectivity index (χ1n) is 13.2. The van der Waals surface area contributed by atoms with Gasteiger partial charge in [0.05, 0.1) is 32.9 Å². The molecule has 0 saturated carbocycles. The number of likely N-dealkylation sites (tertiary alicyclic amines) is 1. The van der Waals surface area contributed by atoms with Gasteiger partial charge >= 0.3 is 0 Å². The van der Waals surface area contributed by atoms with Crippen molar-refractivity contribution in [2.45, 2.75) is 26.0 Å². The molecule has 1 aliphatic rings. The lowest BCUT2D eigenvalue weighted by Crippen LogP contribution is -2.31.